The van der Waals surface area contributed by atoms with E-state index in [1.165, 1.54) is 39.0 Å². The summed E-state index contributed by atoms with van der Waals surface area (Å²) in [5, 5.41) is 1.63. The molecule has 27 heavy (non-hydrogen) atoms. The molecule has 2 aromatic carbocycles. The molecule has 0 saturated heterocycles. The molecule has 0 aromatic heterocycles. The van der Waals surface area contributed by atoms with Crippen molar-refractivity contribution in [1.82, 2.24) is 0 Å². The predicted molar refractivity (Wildman–Crippen MR) is 123 cm³/mol. The first kappa shape index (κ1) is 17.2. The minimum atomic E-state index is -1.76. The van der Waals surface area contributed by atoms with Gasteiger partial charge in [0.1, 0.15) is 0 Å². The fraction of sp³-hybridized carbons (Fsp3) is 0.200. The highest BCUT2D eigenvalue weighted by Crippen LogP contribution is 2.53. The Kier molecular flexibility index (Phi) is 3.86. The second-order valence-electron chi connectivity index (χ2n) is 8.39. The van der Waals surface area contributed by atoms with Gasteiger partial charge in [-0.1, -0.05) is 101 Å². The minimum Gasteiger partial charge on any atom is -0.0787 e. The smallest absolute Gasteiger partial charge is 0.0787 e. The normalized spacial score (nSPS) is 23.0. The lowest BCUT2D eigenvalue weighted by molar-refractivity contribution is 1.12. The fourth-order valence-electron chi connectivity index (χ4n) is 5.19. The molecule has 0 saturated carbocycles. The maximum absolute atomic E-state index is 3.99. The molecule has 2 aromatic rings. The molecule has 0 radical (unpaired) electrons. The molecule has 5 rings (SSSR count). The van der Waals surface area contributed by atoms with Gasteiger partial charge in [-0.3, -0.25) is 0 Å². The van der Waals surface area contributed by atoms with Gasteiger partial charge in [0.05, 0.1) is 12.9 Å². The lowest BCUT2D eigenvalue weighted by Crippen LogP contribution is -2.37. The second-order valence-corrected chi connectivity index (χ2v) is 13.9. The summed E-state index contributed by atoms with van der Waals surface area (Å²) in [6.45, 7) is 7.40. The molecule has 0 aliphatic heterocycles. The Morgan fingerprint density at radius 2 is 1.52 bits per heavy atom. The molecular weight excluding hydrogens is 408 g/mol. The van der Waals surface area contributed by atoms with Crippen LogP contribution in [0.2, 0.25) is 13.1 Å². The van der Waals surface area contributed by atoms with Gasteiger partial charge >= 0.3 is 0 Å². The van der Waals surface area contributed by atoms with Crippen LogP contribution in [0.3, 0.4) is 0 Å². The Morgan fingerprint density at radius 1 is 0.852 bits per heavy atom. The van der Waals surface area contributed by atoms with E-state index in [-0.39, 0.29) is 4.83 Å². The maximum Gasteiger partial charge on any atom is 0.0931 e. The topological polar surface area (TPSA) is 0 Å². The van der Waals surface area contributed by atoms with E-state index < -0.39 is 8.07 Å². The molecule has 0 spiro atoms. The molecule has 0 nitrogen and oxygen atoms in total. The van der Waals surface area contributed by atoms with Crippen molar-refractivity contribution in [2.24, 2.45) is 0 Å². The van der Waals surface area contributed by atoms with Crippen LogP contribution in [0.25, 0.3) is 12.2 Å². The lowest BCUT2D eigenvalue weighted by atomic mass is 9.89. The summed E-state index contributed by atoms with van der Waals surface area (Å²) < 4.78 is 0. The van der Waals surface area contributed by atoms with Gasteiger partial charge < -0.3 is 0 Å². The summed E-state index contributed by atoms with van der Waals surface area (Å²) >= 11 is 3.99. The summed E-state index contributed by atoms with van der Waals surface area (Å²) in [7, 11) is -1.76. The summed E-state index contributed by atoms with van der Waals surface area (Å²) in [5.41, 5.74) is 10.6. The first-order valence-corrected chi connectivity index (χ1v) is 13.6. The van der Waals surface area contributed by atoms with E-state index in [9.17, 15) is 0 Å². The van der Waals surface area contributed by atoms with Gasteiger partial charge in [0, 0.05) is 5.54 Å². The SMILES string of the molecule is CC1=C([Si](C)(C)C2C=Cc3ccccc32)C2=Cc3ccccc3C(Br)C2=C1. The monoisotopic (exact) mass is 430 g/mol. The van der Waals surface area contributed by atoms with E-state index in [1.54, 1.807) is 5.20 Å². The van der Waals surface area contributed by atoms with Gasteiger partial charge in [0.25, 0.3) is 0 Å². The summed E-state index contributed by atoms with van der Waals surface area (Å²) in [4.78, 5) is 0.289. The molecule has 2 atom stereocenters. The molecule has 2 unspecified atom stereocenters. The zero-order valence-corrected chi connectivity index (χ0v) is 18.5. The Balaban J connectivity index is 1.63. The maximum atomic E-state index is 3.99. The van der Waals surface area contributed by atoms with Gasteiger partial charge in [-0.05, 0) is 51.6 Å². The van der Waals surface area contributed by atoms with Crippen molar-refractivity contribution in [1.29, 1.82) is 0 Å². The highest BCUT2D eigenvalue weighted by molar-refractivity contribution is 9.09. The standard InChI is InChI=1S/C25H23BrSi/c1-16-14-21-22(15-18-9-5-7-11-20(18)24(21)26)25(16)27(2,3)23-13-12-17-8-4-6-10-19(17)23/h4-15,23-24H,1-3H3. The van der Waals surface area contributed by atoms with Crippen molar-refractivity contribution >= 4 is 36.2 Å². The summed E-state index contributed by atoms with van der Waals surface area (Å²) in [6, 6.07) is 17.7. The molecule has 0 fully saturated rings. The highest BCUT2D eigenvalue weighted by Gasteiger charge is 2.43. The molecule has 3 aliphatic rings. The minimum absolute atomic E-state index is 0.289. The van der Waals surface area contributed by atoms with E-state index in [2.05, 4.69) is 109 Å². The third-order valence-electron chi connectivity index (χ3n) is 6.41. The van der Waals surface area contributed by atoms with E-state index in [0.717, 1.165) is 0 Å². The molecule has 0 N–H and O–H groups in total. The third-order valence-corrected chi connectivity index (χ3v) is 11.4. The predicted octanol–water partition coefficient (Wildman–Crippen LogP) is 7.37. The molecule has 134 valence electrons. The van der Waals surface area contributed by atoms with E-state index >= 15 is 0 Å². The van der Waals surface area contributed by atoms with Crippen LogP contribution in [0.4, 0.5) is 0 Å². The number of alkyl halides is 1. The van der Waals surface area contributed by atoms with Crippen molar-refractivity contribution in [2.45, 2.75) is 30.4 Å². The van der Waals surface area contributed by atoms with Crippen LogP contribution in [-0.4, -0.2) is 8.07 Å². The number of hydrogen-bond acceptors (Lipinski definition) is 0. The van der Waals surface area contributed by atoms with Crippen molar-refractivity contribution in [3.8, 4) is 0 Å². The Hall–Kier alpha value is -1.90. The van der Waals surface area contributed by atoms with Gasteiger partial charge in [0.15, 0.2) is 0 Å². The van der Waals surface area contributed by atoms with Crippen LogP contribution in [-0.2, 0) is 0 Å². The van der Waals surface area contributed by atoms with E-state index in [0.29, 0.717) is 5.54 Å². The first-order chi connectivity index (χ1) is 13.0. The fourth-order valence-corrected chi connectivity index (χ4v) is 9.91. The van der Waals surface area contributed by atoms with Crippen LogP contribution in [0.5, 0.6) is 0 Å². The second kappa shape index (κ2) is 6.05. The van der Waals surface area contributed by atoms with Crippen molar-refractivity contribution in [3.05, 3.63) is 105 Å². The van der Waals surface area contributed by atoms with Crippen LogP contribution < -0.4 is 0 Å². The Bertz CT molecular complexity index is 1080. The number of fused-ring (bicyclic) bond motifs is 3. The zero-order chi connectivity index (χ0) is 18.8. The Morgan fingerprint density at radius 3 is 2.30 bits per heavy atom. The van der Waals surface area contributed by atoms with E-state index in [4.69, 9.17) is 0 Å². The van der Waals surface area contributed by atoms with Crippen molar-refractivity contribution in [2.75, 3.05) is 0 Å². The number of hydrogen-bond donors (Lipinski definition) is 0. The quantitative estimate of drug-likeness (QED) is 0.344. The first-order valence-electron chi connectivity index (χ1n) is 9.64. The number of benzene rings is 2. The van der Waals surface area contributed by atoms with Gasteiger partial charge in [0.2, 0.25) is 0 Å². The molecule has 0 heterocycles. The molecule has 3 aliphatic carbocycles. The molecule has 2 heteroatoms. The number of allylic oxidation sites excluding steroid dienone is 6. The average Bonchev–Trinajstić information content (AvgIpc) is 3.23. The van der Waals surface area contributed by atoms with Crippen LogP contribution in [0.1, 0.15) is 39.5 Å². The zero-order valence-electron chi connectivity index (χ0n) is 16.0. The summed E-state index contributed by atoms with van der Waals surface area (Å²) in [5.74, 6) is 0. The van der Waals surface area contributed by atoms with Crippen LogP contribution in [0.15, 0.2) is 82.6 Å². The van der Waals surface area contributed by atoms with Crippen molar-refractivity contribution in [3.63, 3.8) is 0 Å². The average molecular weight is 431 g/mol. The molecule has 0 bridgehead atoms. The molecule has 0 amide bonds. The summed E-state index contributed by atoms with van der Waals surface area (Å²) in [6.07, 6.45) is 9.64. The van der Waals surface area contributed by atoms with Crippen LogP contribution in [0, 0.1) is 0 Å². The van der Waals surface area contributed by atoms with Gasteiger partial charge in [-0.15, -0.1) is 0 Å². The van der Waals surface area contributed by atoms with E-state index in [1.807, 2.05) is 0 Å². The lowest BCUT2D eigenvalue weighted by Gasteiger charge is -2.35. The van der Waals surface area contributed by atoms with Crippen LogP contribution >= 0.6 is 15.9 Å². The highest BCUT2D eigenvalue weighted by atomic mass is 79.9. The Labute approximate surface area is 171 Å². The number of rotatable bonds is 2. The van der Waals surface area contributed by atoms with Gasteiger partial charge in [-0.2, -0.15) is 0 Å². The molecular formula is C25H23BrSi. The van der Waals surface area contributed by atoms with Crippen molar-refractivity contribution < 1.29 is 0 Å². The largest absolute Gasteiger partial charge is 0.0931 e. The third kappa shape index (κ3) is 2.46. The van der Waals surface area contributed by atoms with Gasteiger partial charge in [-0.25, -0.2) is 0 Å². The number of halogens is 1.